The van der Waals surface area contributed by atoms with Crippen LogP contribution in [0, 0.1) is 0 Å². The molecule has 4 rings (SSSR count). The number of carboxylic acids is 1. The van der Waals surface area contributed by atoms with Gasteiger partial charge in [-0.2, -0.15) is 13.2 Å². The molecule has 8 nitrogen and oxygen atoms in total. The Balaban J connectivity index is 2.05. The highest BCUT2D eigenvalue weighted by Crippen LogP contribution is 2.48. The summed E-state index contributed by atoms with van der Waals surface area (Å²) in [6, 6.07) is 9.45. The molecular weight excluding hydrogens is 467 g/mol. The van der Waals surface area contributed by atoms with Crippen LogP contribution in [-0.2, 0) is 15.7 Å². The Morgan fingerprint density at radius 1 is 1.15 bits per heavy atom. The summed E-state index contributed by atoms with van der Waals surface area (Å²) in [5.41, 5.74) is 0.589. The first kappa shape index (κ1) is 22.9. The van der Waals surface area contributed by atoms with Gasteiger partial charge in [-0.25, -0.2) is 0 Å². The first-order valence-electron chi connectivity index (χ1n) is 9.56. The maximum absolute atomic E-state index is 13.8. The fourth-order valence-electron chi connectivity index (χ4n) is 3.84. The number of hydrogen-bond donors (Lipinski definition) is 1. The van der Waals surface area contributed by atoms with Gasteiger partial charge in [0.05, 0.1) is 31.4 Å². The molecule has 1 N–H and O–H groups in total. The van der Waals surface area contributed by atoms with Crippen molar-refractivity contribution >= 4 is 17.6 Å². The van der Waals surface area contributed by atoms with E-state index < -0.39 is 36.6 Å². The number of benzene rings is 2. The fraction of sp³-hybridized carbons (Fsp3) is 0.286. The average Bonchev–Trinajstić information content (AvgIpc) is 3.15. The molecule has 0 radical (unpaired) electrons. The van der Waals surface area contributed by atoms with Gasteiger partial charge in [0.1, 0.15) is 12.2 Å². The van der Waals surface area contributed by atoms with Crippen LogP contribution < -0.4 is 9.47 Å². The molecule has 1 aliphatic heterocycles. The van der Waals surface area contributed by atoms with Gasteiger partial charge < -0.3 is 19.3 Å². The number of carboxylic acid groups (broad SMARTS) is 1. The molecule has 1 aromatic heterocycles. The van der Waals surface area contributed by atoms with Gasteiger partial charge in [-0.15, -0.1) is 10.2 Å². The zero-order valence-corrected chi connectivity index (χ0v) is 18.0. The fourth-order valence-corrected chi connectivity index (χ4v) is 4.11. The van der Waals surface area contributed by atoms with Gasteiger partial charge in [-0.3, -0.25) is 9.36 Å². The molecule has 0 saturated heterocycles. The number of methoxy groups -OCH3 is 2. The molecule has 174 valence electrons. The second kappa shape index (κ2) is 8.56. The molecule has 2 unspecified atom stereocenters. The number of carbonyl (C=O) groups is 1. The van der Waals surface area contributed by atoms with E-state index in [2.05, 4.69) is 10.2 Å². The van der Waals surface area contributed by atoms with E-state index in [1.807, 2.05) is 0 Å². The first-order chi connectivity index (χ1) is 15.7. The number of aliphatic carboxylic acids is 1. The second-order valence-electron chi connectivity index (χ2n) is 7.08. The molecule has 0 spiro atoms. The molecule has 3 aromatic rings. The summed E-state index contributed by atoms with van der Waals surface area (Å²) in [5, 5.41) is 16.3. The van der Waals surface area contributed by atoms with Crippen LogP contribution in [0.25, 0.3) is 5.69 Å². The summed E-state index contributed by atoms with van der Waals surface area (Å²) in [6.45, 7) is 0. The molecule has 0 saturated carbocycles. The van der Waals surface area contributed by atoms with Crippen molar-refractivity contribution in [2.75, 3.05) is 14.2 Å². The van der Waals surface area contributed by atoms with E-state index in [4.69, 9.17) is 25.8 Å². The largest absolute Gasteiger partial charge is 0.493 e. The third-order valence-electron chi connectivity index (χ3n) is 5.13. The topological polar surface area (TPSA) is 95.7 Å². The van der Waals surface area contributed by atoms with Crippen molar-refractivity contribution in [1.82, 2.24) is 14.8 Å². The molecule has 0 aliphatic carbocycles. The van der Waals surface area contributed by atoms with Gasteiger partial charge in [0.25, 0.3) is 0 Å². The van der Waals surface area contributed by atoms with Gasteiger partial charge >= 0.3 is 12.1 Å². The summed E-state index contributed by atoms with van der Waals surface area (Å²) >= 11 is 6.39. The molecule has 0 amide bonds. The molecule has 2 heterocycles. The van der Waals surface area contributed by atoms with E-state index in [0.29, 0.717) is 11.3 Å². The monoisotopic (exact) mass is 483 g/mol. The standard InChI is InChI=1S/C21H17ClF3N3O5/c1-31-13-8-4-6-11(18(13)32-2)17-10-5-3-7-12(22)16(10)28-19(14(33-17)9-15(29)30)26-27-20(28)21(23,24)25/h3-8,14,17H,9H2,1-2H3,(H,29,30). The Bertz CT molecular complexity index is 1210. The summed E-state index contributed by atoms with van der Waals surface area (Å²) < 4.78 is 59.2. The predicted octanol–water partition coefficient (Wildman–Crippen LogP) is 4.59. The van der Waals surface area contributed by atoms with E-state index in [9.17, 15) is 23.1 Å². The number of para-hydroxylation sites is 2. The molecule has 1 aliphatic rings. The Morgan fingerprint density at radius 3 is 2.48 bits per heavy atom. The number of ether oxygens (including phenoxy) is 3. The van der Waals surface area contributed by atoms with Crippen molar-refractivity contribution in [1.29, 1.82) is 0 Å². The summed E-state index contributed by atoms with van der Waals surface area (Å²) in [5.74, 6) is -2.33. The number of halogens is 4. The van der Waals surface area contributed by atoms with Crippen molar-refractivity contribution in [2.24, 2.45) is 0 Å². The summed E-state index contributed by atoms with van der Waals surface area (Å²) in [4.78, 5) is 11.6. The lowest BCUT2D eigenvalue weighted by atomic mass is 9.98. The lowest BCUT2D eigenvalue weighted by Crippen LogP contribution is -2.17. The number of aromatic nitrogens is 3. The van der Waals surface area contributed by atoms with E-state index in [0.717, 1.165) is 4.57 Å². The minimum absolute atomic E-state index is 0.0227. The lowest BCUT2D eigenvalue weighted by molar-refractivity contribution is -0.146. The van der Waals surface area contributed by atoms with Crippen LogP contribution in [0.4, 0.5) is 13.2 Å². The molecule has 33 heavy (non-hydrogen) atoms. The molecule has 2 aromatic carbocycles. The van der Waals surface area contributed by atoms with Crippen LogP contribution in [-0.4, -0.2) is 40.1 Å². The van der Waals surface area contributed by atoms with Crippen LogP contribution >= 0.6 is 11.6 Å². The van der Waals surface area contributed by atoms with Crippen LogP contribution in [0.5, 0.6) is 11.5 Å². The average molecular weight is 484 g/mol. The van der Waals surface area contributed by atoms with Crippen LogP contribution in [0.3, 0.4) is 0 Å². The molecule has 0 fully saturated rings. The number of alkyl halides is 3. The van der Waals surface area contributed by atoms with Gasteiger partial charge in [0.15, 0.2) is 17.3 Å². The number of nitrogens with zero attached hydrogens (tertiary/aromatic N) is 3. The Hall–Kier alpha value is -3.31. The zero-order chi connectivity index (χ0) is 23.9. The Kier molecular flexibility index (Phi) is 5.93. The smallest absolute Gasteiger partial charge is 0.452 e. The van der Waals surface area contributed by atoms with E-state index >= 15 is 0 Å². The van der Waals surface area contributed by atoms with E-state index in [1.165, 1.54) is 26.4 Å². The lowest BCUT2D eigenvalue weighted by Gasteiger charge is -2.24. The zero-order valence-electron chi connectivity index (χ0n) is 17.3. The molecule has 0 bridgehead atoms. The first-order valence-corrected chi connectivity index (χ1v) is 9.94. The third kappa shape index (κ3) is 3.98. The number of rotatable bonds is 5. The highest BCUT2D eigenvalue weighted by Gasteiger charge is 2.44. The number of hydrogen-bond acceptors (Lipinski definition) is 6. The highest BCUT2D eigenvalue weighted by atomic mass is 35.5. The molecule has 12 heteroatoms. The van der Waals surface area contributed by atoms with Crippen molar-refractivity contribution in [3.05, 3.63) is 64.2 Å². The van der Waals surface area contributed by atoms with E-state index in [1.54, 1.807) is 24.3 Å². The van der Waals surface area contributed by atoms with Crippen LogP contribution in [0.15, 0.2) is 36.4 Å². The molecule has 2 atom stereocenters. The third-order valence-corrected chi connectivity index (χ3v) is 5.43. The SMILES string of the molecule is COc1cccc(C2OC(CC(=O)O)c3nnc(C(F)(F)F)n3-c3c(Cl)cccc32)c1OC. The van der Waals surface area contributed by atoms with Gasteiger partial charge in [0, 0.05) is 11.1 Å². The highest BCUT2D eigenvalue weighted by molar-refractivity contribution is 6.32. The molecular formula is C21H17ClF3N3O5. The van der Waals surface area contributed by atoms with Gasteiger partial charge in [-0.1, -0.05) is 35.9 Å². The van der Waals surface area contributed by atoms with E-state index in [-0.39, 0.29) is 27.8 Å². The van der Waals surface area contributed by atoms with Crippen LogP contribution in [0.1, 0.15) is 41.4 Å². The van der Waals surface area contributed by atoms with Crippen molar-refractivity contribution in [3.8, 4) is 17.2 Å². The maximum atomic E-state index is 13.8. The summed E-state index contributed by atoms with van der Waals surface area (Å²) in [6.07, 6.45) is -7.99. The number of fused-ring (bicyclic) bond motifs is 3. The van der Waals surface area contributed by atoms with Gasteiger partial charge in [0.2, 0.25) is 5.82 Å². The minimum Gasteiger partial charge on any atom is -0.493 e. The van der Waals surface area contributed by atoms with Crippen molar-refractivity contribution in [3.63, 3.8) is 0 Å². The maximum Gasteiger partial charge on any atom is 0.452 e. The van der Waals surface area contributed by atoms with Crippen LogP contribution in [0.2, 0.25) is 5.02 Å². The normalized spacial score (nSPS) is 17.6. The van der Waals surface area contributed by atoms with Crippen molar-refractivity contribution in [2.45, 2.75) is 24.8 Å². The van der Waals surface area contributed by atoms with Gasteiger partial charge in [-0.05, 0) is 12.1 Å². The Labute approximate surface area is 190 Å². The minimum atomic E-state index is -4.89. The predicted molar refractivity (Wildman–Crippen MR) is 109 cm³/mol. The van der Waals surface area contributed by atoms with Crippen molar-refractivity contribution < 1.29 is 37.3 Å². The quantitative estimate of drug-likeness (QED) is 0.567. The summed E-state index contributed by atoms with van der Waals surface area (Å²) in [7, 11) is 2.84. The Morgan fingerprint density at radius 2 is 1.85 bits per heavy atom. The second-order valence-corrected chi connectivity index (χ2v) is 7.49.